The molecule has 26 heavy (non-hydrogen) atoms. The van der Waals surface area contributed by atoms with E-state index in [2.05, 4.69) is 29.1 Å². The molecule has 0 radical (unpaired) electrons. The van der Waals surface area contributed by atoms with Crippen LogP contribution in [-0.4, -0.2) is 43.3 Å². The number of ether oxygens (including phenoxy) is 1. The van der Waals surface area contributed by atoms with E-state index in [1.54, 1.807) is 6.21 Å². The minimum atomic E-state index is -0.337. The lowest BCUT2D eigenvalue weighted by Gasteiger charge is -2.17. The first kappa shape index (κ1) is 18.1. The molecule has 136 valence electrons. The SMILES string of the molecule is CCN(CC)CCOc1ccc(N=CC2C(=O)Nc3ccccc32)cc1. The van der Waals surface area contributed by atoms with Gasteiger partial charge >= 0.3 is 0 Å². The van der Waals surface area contributed by atoms with Crippen molar-refractivity contribution >= 4 is 23.5 Å². The second-order valence-electron chi connectivity index (χ2n) is 6.20. The number of fused-ring (bicyclic) bond motifs is 1. The van der Waals surface area contributed by atoms with E-state index < -0.39 is 0 Å². The number of carbonyl (C=O) groups is 1. The number of benzene rings is 2. The van der Waals surface area contributed by atoms with E-state index >= 15 is 0 Å². The molecule has 5 nitrogen and oxygen atoms in total. The minimum Gasteiger partial charge on any atom is -0.492 e. The molecule has 1 aliphatic rings. The maximum Gasteiger partial charge on any atom is 0.237 e. The molecule has 0 saturated carbocycles. The van der Waals surface area contributed by atoms with Gasteiger partial charge in [0, 0.05) is 18.4 Å². The molecule has 1 unspecified atom stereocenters. The fourth-order valence-electron chi connectivity index (χ4n) is 3.00. The van der Waals surface area contributed by atoms with E-state index in [4.69, 9.17) is 4.74 Å². The number of rotatable bonds is 8. The number of amides is 1. The number of aliphatic imine (C=N–C) groups is 1. The van der Waals surface area contributed by atoms with Gasteiger partial charge in [-0.05, 0) is 49.0 Å². The monoisotopic (exact) mass is 351 g/mol. The molecule has 0 aliphatic carbocycles. The lowest BCUT2D eigenvalue weighted by Crippen LogP contribution is -2.27. The van der Waals surface area contributed by atoms with Crippen LogP contribution in [0.3, 0.4) is 0 Å². The fraction of sp³-hybridized carbons (Fsp3) is 0.333. The Labute approximate surface area is 154 Å². The highest BCUT2D eigenvalue weighted by molar-refractivity contribution is 6.12. The van der Waals surface area contributed by atoms with Crippen molar-refractivity contribution in [2.45, 2.75) is 19.8 Å². The van der Waals surface area contributed by atoms with E-state index in [0.29, 0.717) is 6.61 Å². The molecular weight excluding hydrogens is 326 g/mol. The van der Waals surface area contributed by atoms with Crippen LogP contribution in [0, 0.1) is 0 Å². The Hall–Kier alpha value is -2.66. The first-order chi connectivity index (χ1) is 12.7. The molecule has 1 aliphatic heterocycles. The number of likely N-dealkylation sites (N-methyl/N-ethyl adjacent to an activating group) is 1. The summed E-state index contributed by atoms with van der Waals surface area (Å²) >= 11 is 0. The van der Waals surface area contributed by atoms with Crippen LogP contribution in [0.15, 0.2) is 53.5 Å². The third-order valence-corrected chi connectivity index (χ3v) is 4.62. The topological polar surface area (TPSA) is 53.9 Å². The molecular formula is C21H25N3O2. The van der Waals surface area contributed by atoms with Crippen molar-refractivity contribution in [2.24, 2.45) is 4.99 Å². The maximum atomic E-state index is 12.1. The van der Waals surface area contributed by atoms with Crippen LogP contribution in [0.1, 0.15) is 25.3 Å². The van der Waals surface area contributed by atoms with E-state index in [-0.39, 0.29) is 11.8 Å². The first-order valence-electron chi connectivity index (χ1n) is 9.10. The Morgan fingerprint density at radius 1 is 1.12 bits per heavy atom. The highest BCUT2D eigenvalue weighted by Crippen LogP contribution is 2.31. The second-order valence-corrected chi connectivity index (χ2v) is 6.20. The number of hydrogen-bond acceptors (Lipinski definition) is 4. The van der Waals surface area contributed by atoms with Gasteiger partial charge in [0.1, 0.15) is 18.3 Å². The molecule has 0 spiro atoms. The average Bonchev–Trinajstić information content (AvgIpc) is 2.99. The van der Waals surface area contributed by atoms with E-state index in [0.717, 1.165) is 42.3 Å². The Morgan fingerprint density at radius 3 is 2.58 bits per heavy atom. The number of hydrogen-bond donors (Lipinski definition) is 1. The number of nitrogens with one attached hydrogen (secondary N) is 1. The van der Waals surface area contributed by atoms with E-state index in [1.807, 2.05) is 48.5 Å². The molecule has 0 fully saturated rings. The fourth-order valence-corrected chi connectivity index (χ4v) is 3.00. The third-order valence-electron chi connectivity index (χ3n) is 4.62. The van der Waals surface area contributed by atoms with Gasteiger partial charge in [-0.15, -0.1) is 0 Å². The molecule has 3 rings (SSSR count). The number of anilines is 1. The zero-order chi connectivity index (χ0) is 18.4. The van der Waals surface area contributed by atoms with Crippen LogP contribution in [0.4, 0.5) is 11.4 Å². The van der Waals surface area contributed by atoms with Gasteiger partial charge in [-0.3, -0.25) is 9.79 Å². The molecule has 2 aromatic carbocycles. The van der Waals surface area contributed by atoms with Gasteiger partial charge in [0.15, 0.2) is 0 Å². The van der Waals surface area contributed by atoms with Crippen LogP contribution in [0.2, 0.25) is 0 Å². The normalized spacial score (nSPS) is 16.1. The summed E-state index contributed by atoms with van der Waals surface area (Å²) in [5, 5.41) is 2.88. The Bertz CT molecular complexity index is 767. The molecule has 0 bridgehead atoms. The van der Waals surface area contributed by atoms with E-state index in [9.17, 15) is 4.79 Å². The molecule has 1 amide bonds. The van der Waals surface area contributed by atoms with Crippen molar-refractivity contribution in [1.82, 2.24) is 4.90 Å². The predicted molar refractivity (Wildman–Crippen MR) is 106 cm³/mol. The van der Waals surface area contributed by atoms with Crippen molar-refractivity contribution in [1.29, 1.82) is 0 Å². The lowest BCUT2D eigenvalue weighted by atomic mass is 10.0. The largest absolute Gasteiger partial charge is 0.492 e. The van der Waals surface area contributed by atoms with Crippen LogP contribution < -0.4 is 10.1 Å². The molecule has 0 saturated heterocycles. The summed E-state index contributed by atoms with van der Waals surface area (Å²) in [4.78, 5) is 18.9. The van der Waals surface area contributed by atoms with Crippen molar-refractivity contribution in [3.63, 3.8) is 0 Å². The molecule has 5 heteroatoms. The lowest BCUT2D eigenvalue weighted by molar-refractivity contribution is -0.115. The van der Waals surface area contributed by atoms with Gasteiger partial charge in [-0.25, -0.2) is 0 Å². The van der Waals surface area contributed by atoms with Crippen molar-refractivity contribution < 1.29 is 9.53 Å². The second kappa shape index (κ2) is 8.63. The highest BCUT2D eigenvalue weighted by Gasteiger charge is 2.28. The van der Waals surface area contributed by atoms with Gasteiger partial charge in [-0.2, -0.15) is 0 Å². The maximum absolute atomic E-state index is 12.1. The molecule has 1 N–H and O–H groups in total. The molecule has 2 aromatic rings. The summed E-state index contributed by atoms with van der Waals surface area (Å²) in [5.41, 5.74) is 2.64. The number of carbonyl (C=O) groups excluding carboxylic acids is 1. The standard InChI is InChI=1S/C21H25N3O2/c1-3-24(4-2)13-14-26-17-11-9-16(10-12-17)22-15-19-18-7-5-6-8-20(18)23-21(19)25/h5-12,15,19H,3-4,13-14H2,1-2H3,(H,23,25). The van der Waals surface area contributed by atoms with Crippen molar-refractivity contribution in [2.75, 3.05) is 31.6 Å². The van der Waals surface area contributed by atoms with Crippen LogP contribution in [0.5, 0.6) is 5.75 Å². The summed E-state index contributed by atoms with van der Waals surface area (Å²) in [6, 6.07) is 15.4. The summed E-state index contributed by atoms with van der Waals surface area (Å²) in [6.07, 6.45) is 1.71. The van der Waals surface area contributed by atoms with E-state index in [1.165, 1.54) is 0 Å². The number of nitrogens with zero attached hydrogens (tertiary/aromatic N) is 2. The van der Waals surface area contributed by atoms with Crippen LogP contribution in [-0.2, 0) is 4.79 Å². The quantitative estimate of drug-likeness (QED) is 0.735. The smallest absolute Gasteiger partial charge is 0.237 e. The number of para-hydroxylation sites is 1. The summed E-state index contributed by atoms with van der Waals surface area (Å²) in [6.45, 7) is 7.96. The van der Waals surface area contributed by atoms with Crippen molar-refractivity contribution in [3.8, 4) is 5.75 Å². The average molecular weight is 351 g/mol. The van der Waals surface area contributed by atoms with Gasteiger partial charge in [-0.1, -0.05) is 32.0 Å². The summed E-state index contributed by atoms with van der Waals surface area (Å²) < 4.78 is 5.78. The highest BCUT2D eigenvalue weighted by atomic mass is 16.5. The Morgan fingerprint density at radius 2 is 1.85 bits per heavy atom. The first-order valence-corrected chi connectivity index (χ1v) is 9.10. The summed E-state index contributed by atoms with van der Waals surface area (Å²) in [7, 11) is 0. The van der Waals surface area contributed by atoms with Gasteiger partial charge in [0.05, 0.1) is 5.69 Å². The Kier molecular flexibility index (Phi) is 6.02. The molecule has 1 atom stereocenters. The zero-order valence-electron chi connectivity index (χ0n) is 15.3. The predicted octanol–water partition coefficient (Wildman–Crippen LogP) is 3.85. The molecule has 0 aromatic heterocycles. The van der Waals surface area contributed by atoms with Gasteiger partial charge < -0.3 is 15.0 Å². The van der Waals surface area contributed by atoms with Crippen LogP contribution >= 0.6 is 0 Å². The molecule has 1 heterocycles. The third kappa shape index (κ3) is 4.29. The van der Waals surface area contributed by atoms with Crippen LogP contribution in [0.25, 0.3) is 0 Å². The van der Waals surface area contributed by atoms with Gasteiger partial charge in [0.25, 0.3) is 0 Å². The minimum absolute atomic E-state index is 0.0358. The zero-order valence-corrected chi connectivity index (χ0v) is 15.3. The summed E-state index contributed by atoms with van der Waals surface area (Å²) in [5.74, 6) is 0.461. The van der Waals surface area contributed by atoms with Gasteiger partial charge in [0.2, 0.25) is 5.91 Å². The Balaban J connectivity index is 1.58. The van der Waals surface area contributed by atoms with Crippen molar-refractivity contribution in [3.05, 3.63) is 54.1 Å².